The molecular formula is C18H19NOS. The van der Waals surface area contributed by atoms with Crippen LogP contribution in [0.1, 0.15) is 29.2 Å². The maximum Gasteiger partial charge on any atom is 0.246 e. The van der Waals surface area contributed by atoms with E-state index in [4.69, 9.17) is 0 Å². The van der Waals surface area contributed by atoms with Crippen molar-refractivity contribution in [1.82, 2.24) is 4.90 Å². The van der Waals surface area contributed by atoms with E-state index < -0.39 is 0 Å². The minimum Gasteiger partial charge on any atom is -0.339 e. The number of carbonyl (C=O) groups excluding carboxylic acids is 1. The molecule has 1 fully saturated rings. The van der Waals surface area contributed by atoms with Crippen molar-refractivity contribution in [1.29, 1.82) is 0 Å². The van der Waals surface area contributed by atoms with Crippen LogP contribution in [0.15, 0.2) is 53.9 Å². The average Bonchev–Trinajstić information content (AvgIpc) is 3.08. The molecule has 1 amide bonds. The monoisotopic (exact) mass is 297 g/mol. The van der Waals surface area contributed by atoms with Gasteiger partial charge in [-0.15, -0.1) is 11.3 Å². The third-order valence-corrected chi connectivity index (χ3v) is 5.00. The first-order chi connectivity index (χ1) is 10.3. The molecule has 0 saturated carbocycles. The summed E-state index contributed by atoms with van der Waals surface area (Å²) in [5.74, 6) is 0.760. The lowest BCUT2D eigenvalue weighted by Crippen LogP contribution is -2.36. The Labute approximate surface area is 129 Å². The molecule has 1 aliphatic rings. The van der Waals surface area contributed by atoms with Crippen molar-refractivity contribution in [3.05, 3.63) is 64.4 Å². The lowest BCUT2D eigenvalue weighted by Gasteiger charge is -2.30. The molecule has 1 aromatic heterocycles. The van der Waals surface area contributed by atoms with Gasteiger partial charge in [-0.2, -0.15) is 0 Å². The van der Waals surface area contributed by atoms with Crippen LogP contribution in [-0.4, -0.2) is 23.9 Å². The van der Waals surface area contributed by atoms with Gasteiger partial charge in [-0.3, -0.25) is 4.79 Å². The highest BCUT2D eigenvalue weighted by Gasteiger charge is 2.23. The normalized spacial score (nSPS) is 16.5. The molecule has 0 spiro atoms. The highest BCUT2D eigenvalue weighted by atomic mass is 32.1. The highest BCUT2D eigenvalue weighted by molar-refractivity contribution is 7.10. The van der Waals surface area contributed by atoms with Crippen molar-refractivity contribution in [2.24, 2.45) is 0 Å². The summed E-state index contributed by atoms with van der Waals surface area (Å²) in [4.78, 5) is 15.6. The van der Waals surface area contributed by atoms with Crippen LogP contribution in [0.5, 0.6) is 0 Å². The van der Waals surface area contributed by atoms with Gasteiger partial charge in [0.25, 0.3) is 0 Å². The minimum atomic E-state index is 0.128. The molecule has 2 heterocycles. The van der Waals surface area contributed by atoms with E-state index in [1.54, 1.807) is 6.08 Å². The molecule has 1 aliphatic heterocycles. The van der Waals surface area contributed by atoms with Gasteiger partial charge in [0.05, 0.1) is 0 Å². The molecule has 0 unspecified atom stereocenters. The van der Waals surface area contributed by atoms with Crippen LogP contribution in [-0.2, 0) is 4.79 Å². The second-order valence-corrected chi connectivity index (χ2v) is 6.34. The number of piperidine rings is 1. The number of amides is 1. The number of likely N-dealkylation sites (tertiary alicyclic amines) is 1. The SMILES string of the molecule is O=C(/C=C/c1ccccc1)N1CCC(c2cccs2)CC1. The second kappa shape index (κ2) is 6.72. The van der Waals surface area contributed by atoms with E-state index in [0.717, 1.165) is 31.5 Å². The number of thiophene rings is 1. The molecular weight excluding hydrogens is 278 g/mol. The zero-order chi connectivity index (χ0) is 14.5. The van der Waals surface area contributed by atoms with E-state index in [0.29, 0.717) is 5.92 Å². The Morgan fingerprint density at radius 2 is 1.86 bits per heavy atom. The van der Waals surface area contributed by atoms with Crippen LogP contribution in [0.25, 0.3) is 6.08 Å². The Balaban J connectivity index is 1.54. The molecule has 3 heteroatoms. The summed E-state index contributed by atoms with van der Waals surface area (Å²) in [5, 5.41) is 2.13. The first-order valence-electron chi connectivity index (χ1n) is 7.38. The molecule has 0 aliphatic carbocycles. The summed E-state index contributed by atoms with van der Waals surface area (Å²) >= 11 is 1.83. The summed E-state index contributed by atoms with van der Waals surface area (Å²) in [6, 6.07) is 14.3. The smallest absolute Gasteiger partial charge is 0.246 e. The first kappa shape index (κ1) is 14.1. The third-order valence-electron chi connectivity index (χ3n) is 3.97. The summed E-state index contributed by atoms with van der Waals surface area (Å²) in [5.41, 5.74) is 1.07. The number of benzene rings is 1. The van der Waals surface area contributed by atoms with Gasteiger partial charge in [0.15, 0.2) is 0 Å². The van der Waals surface area contributed by atoms with Gasteiger partial charge in [0, 0.05) is 24.0 Å². The van der Waals surface area contributed by atoms with E-state index in [1.165, 1.54) is 4.88 Å². The van der Waals surface area contributed by atoms with E-state index in [-0.39, 0.29) is 5.91 Å². The summed E-state index contributed by atoms with van der Waals surface area (Å²) in [7, 11) is 0. The molecule has 1 aromatic carbocycles. The summed E-state index contributed by atoms with van der Waals surface area (Å²) in [6.07, 6.45) is 5.74. The second-order valence-electron chi connectivity index (χ2n) is 5.36. The van der Waals surface area contributed by atoms with Gasteiger partial charge in [0.1, 0.15) is 0 Å². The van der Waals surface area contributed by atoms with Crippen LogP contribution >= 0.6 is 11.3 Å². The third kappa shape index (κ3) is 3.61. The maximum absolute atomic E-state index is 12.2. The molecule has 0 radical (unpaired) electrons. The largest absolute Gasteiger partial charge is 0.339 e. The van der Waals surface area contributed by atoms with Crippen molar-refractivity contribution >= 4 is 23.3 Å². The van der Waals surface area contributed by atoms with Gasteiger partial charge in [-0.05, 0) is 41.8 Å². The zero-order valence-corrected chi connectivity index (χ0v) is 12.8. The topological polar surface area (TPSA) is 20.3 Å². The van der Waals surface area contributed by atoms with Gasteiger partial charge >= 0.3 is 0 Å². The Bertz CT molecular complexity index is 595. The number of nitrogens with zero attached hydrogens (tertiary/aromatic N) is 1. The number of rotatable bonds is 3. The van der Waals surface area contributed by atoms with Gasteiger partial charge < -0.3 is 4.90 Å². The summed E-state index contributed by atoms with van der Waals surface area (Å²) < 4.78 is 0. The van der Waals surface area contributed by atoms with E-state index >= 15 is 0 Å². The van der Waals surface area contributed by atoms with Crippen LogP contribution < -0.4 is 0 Å². The molecule has 21 heavy (non-hydrogen) atoms. The van der Waals surface area contributed by atoms with Crippen molar-refractivity contribution in [2.75, 3.05) is 13.1 Å². The lowest BCUT2D eigenvalue weighted by molar-refractivity contribution is -0.126. The zero-order valence-electron chi connectivity index (χ0n) is 11.9. The molecule has 2 nitrogen and oxygen atoms in total. The predicted octanol–water partition coefficient (Wildman–Crippen LogP) is 4.17. The van der Waals surface area contributed by atoms with Crippen LogP contribution in [0.4, 0.5) is 0 Å². The molecule has 0 atom stereocenters. The van der Waals surface area contributed by atoms with E-state index in [9.17, 15) is 4.79 Å². The molecule has 1 saturated heterocycles. The molecule has 0 N–H and O–H groups in total. The van der Waals surface area contributed by atoms with Gasteiger partial charge in [-0.25, -0.2) is 0 Å². The Hall–Kier alpha value is -1.87. The van der Waals surface area contributed by atoms with Crippen molar-refractivity contribution in [3.63, 3.8) is 0 Å². The van der Waals surface area contributed by atoms with Gasteiger partial charge in [0.2, 0.25) is 5.91 Å². The van der Waals surface area contributed by atoms with Crippen LogP contribution in [0.3, 0.4) is 0 Å². The number of hydrogen-bond acceptors (Lipinski definition) is 2. The lowest BCUT2D eigenvalue weighted by atomic mass is 9.95. The van der Waals surface area contributed by atoms with Crippen molar-refractivity contribution in [2.45, 2.75) is 18.8 Å². The fourth-order valence-corrected chi connectivity index (χ4v) is 3.64. The Morgan fingerprint density at radius 1 is 1.10 bits per heavy atom. The Kier molecular flexibility index (Phi) is 4.51. The van der Waals surface area contributed by atoms with Crippen LogP contribution in [0.2, 0.25) is 0 Å². The minimum absolute atomic E-state index is 0.128. The Morgan fingerprint density at radius 3 is 2.52 bits per heavy atom. The molecule has 2 aromatic rings. The van der Waals surface area contributed by atoms with Crippen molar-refractivity contribution < 1.29 is 4.79 Å². The number of hydrogen-bond donors (Lipinski definition) is 0. The quantitative estimate of drug-likeness (QED) is 0.779. The van der Waals surface area contributed by atoms with Gasteiger partial charge in [-0.1, -0.05) is 36.4 Å². The van der Waals surface area contributed by atoms with E-state index in [2.05, 4.69) is 17.5 Å². The highest BCUT2D eigenvalue weighted by Crippen LogP contribution is 2.31. The number of carbonyl (C=O) groups is 1. The van der Waals surface area contributed by atoms with E-state index in [1.807, 2.05) is 52.6 Å². The maximum atomic E-state index is 12.2. The summed E-state index contributed by atoms with van der Waals surface area (Å²) in [6.45, 7) is 1.72. The first-order valence-corrected chi connectivity index (χ1v) is 8.26. The molecule has 0 bridgehead atoms. The fourth-order valence-electron chi connectivity index (χ4n) is 2.75. The molecule has 108 valence electrons. The molecule has 3 rings (SSSR count). The van der Waals surface area contributed by atoms with Crippen molar-refractivity contribution in [3.8, 4) is 0 Å². The average molecular weight is 297 g/mol. The predicted molar refractivity (Wildman–Crippen MR) is 88.4 cm³/mol. The van der Waals surface area contributed by atoms with Crippen LogP contribution in [0, 0.1) is 0 Å². The standard InChI is InChI=1S/C18H19NOS/c20-18(9-8-15-5-2-1-3-6-15)19-12-10-16(11-13-19)17-7-4-14-21-17/h1-9,14,16H,10-13H2/b9-8+. The fraction of sp³-hybridized carbons (Fsp3) is 0.278.